The fourth-order valence-corrected chi connectivity index (χ4v) is 3.19. The van der Waals surface area contributed by atoms with Crippen LogP contribution in [0.15, 0.2) is 0 Å². The zero-order chi connectivity index (χ0) is 15.0. The lowest BCUT2D eigenvalue weighted by molar-refractivity contribution is 0.134. The van der Waals surface area contributed by atoms with E-state index in [4.69, 9.17) is 4.74 Å². The van der Waals surface area contributed by atoms with Gasteiger partial charge in [0.1, 0.15) is 0 Å². The highest BCUT2D eigenvalue weighted by atomic mass is 16.5. The number of rotatable bonds is 9. The number of ether oxygens (including phenoxy) is 1. The van der Waals surface area contributed by atoms with E-state index < -0.39 is 0 Å². The third-order valence-electron chi connectivity index (χ3n) is 5.35. The molecule has 0 aromatic rings. The van der Waals surface area contributed by atoms with Crippen LogP contribution in [0.25, 0.3) is 0 Å². The van der Waals surface area contributed by atoms with Gasteiger partial charge in [0.05, 0.1) is 6.61 Å². The summed E-state index contributed by atoms with van der Waals surface area (Å²) < 4.78 is 5.10. The van der Waals surface area contributed by atoms with Crippen molar-refractivity contribution in [1.29, 1.82) is 0 Å². The lowest BCUT2D eigenvalue weighted by Crippen LogP contribution is -2.40. The zero-order valence-corrected chi connectivity index (χ0v) is 14.4. The van der Waals surface area contributed by atoms with Crippen molar-refractivity contribution in [2.24, 2.45) is 11.3 Å². The number of methoxy groups -OCH3 is 1. The van der Waals surface area contributed by atoms with Gasteiger partial charge in [-0.25, -0.2) is 0 Å². The second-order valence-electron chi connectivity index (χ2n) is 7.14. The average Bonchev–Trinajstić information content (AvgIpc) is 2.45. The van der Waals surface area contributed by atoms with Crippen molar-refractivity contribution < 1.29 is 4.74 Å². The topological polar surface area (TPSA) is 24.5 Å². The fraction of sp³-hybridized carbons (Fsp3) is 1.00. The van der Waals surface area contributed by atoms with Crippen molar-refractivity contribution in [3.63, 3.8) is 0 Å². The summed E-state index contributed by atoms with van der Waals surface area (Å²) in [6.45, 7) is 11.3. The molecule has 0 aromatic heterocycles. The number of nitrogens with one attached hydrogen (secondary N) is 1. The van der Waals surface area contributed by atoms with Gasteiger partial charge in [0, 0.05) is 32.8 Å². The monoisotopic (exact) mass is 284 g/mol. The lowest BCUT2D eigenvalue weighted by Gasteiger charge is -2.39. The normalized spacial score (nSPS) is 24.3. The molecule has 0 spiro atoms. The van der Waals surface area contributed by atoms with Crippen molar-refractivity contribution >= 4 is 0 Å². The van der Waals surface area contributed by atoms with E-state index in [1.165, 1.54) is 32.1 Å². The van der Waals surface area contributed by atoms with E-state index in [0.29, 0.717) is 5.41 Å². The van der Waals surface area contributed by atoms with Crippen molar-refractivity contribution in [3.05, 3.63) is 0 Å². The van der Waals surface area contributed by atoms with Gasteiger partial charge in [-0.2, -0.15) is 0 Å². The van der Waals surface area contributed by atoms with Gasteiger partial charge in [-0.3, -0.25) is 0 Å². The first-order chi connectivity index (χ1) is 9.49. The standard InChI is InChI=1S/C17H36N2O/c1-6-17(2,3)15-7-9-16(10-8-15)18-11-12-19(4)13-14-20-5/h15-16,18H,6-14H2,1-5H3. The highest BCUT2D eigenvalue weighted by Crippen LogP contribution is 2.40. The molecule has 1 rings (SSSR count). The maximum absolute atomic E-state index is 5.10. The zero-order valence-electron chi connectivity index (χ0n) is 14.4. The molecule has 0 heterocycles. The third kappa shape index (κ3) is 6.11. The molecule has 1 N–H and O–H groups in total. The Morgan fingerprint density at radius 3 is 2.35 bits per heavy atom. The fourth-order valence-electron chi connectivity index (χ4n) is 3.19. The molecule has 1 fully saturated rings. The van der Waals surface area contributed by atoms with Crippen LogP contribution >= 0.6 is 0 Å². The third-order valence-corrected chi connectivity index (χ3v) is 5.35. The molecule has 1 saturated carbocycles. The van der Waals surface area contributed by atoms with Crippen LogP contribution < -0.4 is 5.32 Å². The molecule has 20 heavy (non-hydrogen) atoms. The molecule has 0 radical (unpaired) electrons. The summed E-state index contributed by atoms with van der Waals surface area (Å²) in [4.78, 5) is 2.34. The number of nitrogens with zero attached hydrogens (tertiary/aromatic N) is 1. The van der Waals surface area contributed by atoms with Gasteiger partial charge in [-0.05, 0) is 44.1 Å². The van der Waals surface area contributed by atoms with Crippen LogP contribution in [0.2, 0.25) is 0 Å². The van der Waals surface area contributed by atoms with E-state index in [0.717, 1.165) is 38.2 Å². The molecule has 1 aliphatic rings. The molecule has 0 atom stereocenters. The first-order valence-electron chi connectivity index (χ1n) is 8.40. The van der Waals surface area contributed by atoms with Crippen molar-refractivity contribution in [2.45, 2.75) is 58.9 Å². The van der Waals surface area contributed by atoms with Gasteiger partial charge in [-0.1, -0.05) is 27.2 Å². The molecular weight excluding hydrogens is 248 g/mol. The largest absolute Gasteiger partial charge is 0.383 e. The Labute approximate surface area is 126 Å². The Balaban J connectivity index is 2.14. The molecule has 0 aromatic carbocycles. The van der Waals surface area contributed by atoms with Gasteiger partial charge in [-0.15, -0.1) is 0 Å². The summed E-state index contributed by atoms with van der Waals surface area (Å²) in [6, 6.07) is 0.745. The number of hydrogen-bond donors (Lipinski definition) is 1. The molecule has 3 nitrogen and oxygen atoms in total. The summed E-state index contributed by atoms with van der Waals surface area (Å²) in [5.74, 6) is 0.926. The smallest absolute Gasteiger partial charge is 0.0589 e. The van der Waals surface area contributed by atoms with Gasteiger partial charge < -0.3 is 15.0 Å². The Morgan fingerprint density at radius 1 is 1.15 bits per heavy atom. The van der Waals surface area contributed by atoms with E-state index in [9.17, 15) is 0 Å². The molecule has 1 aliphatic carbocycles. The van der Waals surface area contributed by atoms with Crippen LogP contribution in [0.1, 0.15) is 52.9 Å². The molecule has 120 valence electrons. The minimum atomic E-state index is 0.533. The van der Waals surface area contributed by atoms with Crippen LogP contribution in [0.3, 0.4) is 0 Å². The van der Waals surface area contributed by atoms with Crippen LogP contribution in [-0.2, 0) is 4.74 Å². The van der Waals surface area contributed by atoms with E-state index in [2.05, 4.69) is 38.0 Å². The summed E-state index contributed by atoms with van der Waals surface area (Å²) in [6.07, 6.45) is 6.82. The molecule has 3 heteroatoms. The highest BCUT2D eigenvalue weighted by Gasteiger charge is 2.31. The van der Waals surface area contributed by atoms with Gasteiger partial charge in [0.2, 0.25) is 0 Å². The predicted octanol–water partition coefficient (Wildman–Crippen LogP) is 3.15. The molecule has 0 aliphatic heterocycles. The van der Waals surface area contributed by atoms with E-state index in [1.54, 1.807) is 7.11 Å². The second-order valence-corrected chi connectivity index (χ2v) is 7.14. The SMILES string of the molecule is CCC(C)(C)C1CCC(NCCN(C)CCOC)CC1. The highest BCUT2D eigenvalue weighted by molar-refractivity contribution is 4.84. The molecule has 0 amide bonds. The first-order valence-corrected chi connectivity index (χ1v) is 8.40. The average molecular weight is 284 g/mol. The minimum absolute atomic E-state index is 0.533. The van der Waals surface area contributed by atoms with E-state index >= 15 is 0 Å². The van der Waals surface area contributed by atoms with Crippen LogP contribution in [0.4, 0.5) is 0 Å². The summed E-state index contributed by atoms with van der Waals surface area (Å²) in [5.41, 5.74) is 0.533. The van der Waals surface area contributed by atoms with Crippen molar-refractivity contribution in [1.82, 2.24) is 10.2 Å². The van der Waals surface area contributed by atoms with Crippen LogP contribution in [0.5, 0.6) is 0 Å². The van der Waals surface area contributed by atoms with E-state index in [1.807, 2.05) is 0 Å². The molecule has 0 unspecified atom stereocenters. The maximum atomic E-state index is 5.10. The Hall–Kier alpha value is -0.120. The van der Waals surface area contributed by atoms with Gasteiger partial charge >= 0.3 is 0 Å². The van der Waals surface area contributed by atoms with E-state index in [-0.39, 0.29) is 0 Å². The first kappa shape index (κ1) is 17.9. The number of likely N-dealkylation sites (N-methyl/N-ethyl adjacent to an activating group) is 1. The molecule has 0 saturated heterocycles. The van der Waals surface area contributed by atoms with Gasteiger partial charge in [0.15, 0.2) is 0 Å². The van der Waals surface area contributed by atoms with Crippen molar-refractivity contribution in [3.8, 4) is 0 Å². The van der Waals surface area contributed by atoms with Gasteiger partial charge in [0.25, 0.3) is 0 Å². The summed E-state index contributed by atoms with van der Waals surface area (Å²) >= 11 is 0. The maximum Gasteiger partial charge on any atom is 0.0589 e. The quantitative estimate of drug-likeness (QED) is 0.704. The Morgan fingerprint density at radius 2 is 1.80 bits per heavy atom. The second kappa shape index (κ2) is 9.01. The predicted molar refractivity (Wildman–Crippen MR) is 87.2 cm³/mol. The molecule has 0 bridgehead atoms. The molecular formula is C17H36N2O. The van der Waals surface area contributed by atoms with Crippen LogP contribution in [0, 0.1) is 11.3 Å². The van der Waals surface area contributed by atoms with Crippen LogP contribution in [-0.4, -0.2) is 51.3 Å². The summed E-state index contributed by atoms with van der Waals surface area (Å²) in [7, 11) is 3.93. The minimum Gasteiger partial charge on any atom is -0.383 e. The summed E-state index contributed by atoms with van der Waals surface area (Å²) in [5, 5.41) is 3.74. The number of hydrogen-bond acceptors (Lipinski definition) is 3. The Kier molecular flexibility index (Phi) is 8.08. The van der Waals surface area contributed by atoms with Crippen molar-refractivity contribution in [2.75, 3.05) is 40.4 Å². The Bertz CT molecular complexity index is 247. The lowest BCUT2D eigenvalue weighted by atomic mass is 9.69.